The largest absolute Gasteiger partial charge is 0.462 e. The van der Waals surface area contributed by atoms with Gasteiger partial charge >= 0.3 is 5.97 Å². The summed E-state index contributed by atoms with van der Waals surface area (Å²) in [5.41, 5.74) is 2.77. The Hall–Kier alpha value is -1.05. The summed E-state index contributed by atoms with van der Waals surface area (Å²) < 4.78 is 5.22. The third-order valence-corrected chi connectivity index (χ3v) is 5.64. The first-order chi connectivity index (χ1) is 10.5. The van der Waals surface area contributed by atoms with Crippen LogP contribution in [0.5, 0.6) is 0 Å². The van der Waals surface area contributed by atoms with Gasteiger partial charge in [-0.3, -0.25) is 0 Å². The van der Waals surface area contributed by atoms with Crippen LogP contribution in [0.4, 0.5) is 5.00 Å². The minimum Gasteiger partial charge on any atom is -0.462 e. The summed E-state index contributed by atoms with van der Waals surface area (Å²) in [7, 11) is 0. The number of anilines is 1. The number of ether oxygens (including phenoxy) is 1. The summed E-state index contributed by atoms with van der Waals surface area (Å²) in [6.07, 6.45) is 0.901. The Kier molecular flexibility index (Phi) is 6.28. The molecule has 0 saturated carbocycles. The summed E-state index contributed by atoms with van der Waals surface area (Å²) in [5.74, 6) is 1.71. The fourth-order valence-corrected chi connectivity index (χ4v) is 4.73. The minimum atomic E-state index is -0.267. The van der Waals surface area contributed by atoms with Crippen molar-refractivity contribution in [2.24, 2.45) is 0 Å². The van der Waals surface area contributed by atoms with Crippen molar-refractivity contribution in [3.05, 3.63) is 28.2 Å². The molecule has 22 heavy (non-hydrogen) atoms. The molecule has 4 nitrogen and oxygen atoms in total. The molecule has 0 fully saturated rings. The van der Waals surface area contributed by atoms with Crippen LogP contribution in [-0.2, 0) is 16.9 Å². The zero-order chi connectivity index (χ0) is 16.1. The molecular weight excluding hydrogens is 336 g/mol. The molecular formula is C15H20N2O2S3. The van der Waals surface area contributed by atoms with Crippen molar-refractivity contribution in [2.75, 3.05) is 24.2 Å². The molecule has 0 aliphatic carbocycles. The molecule has 7 heteroatoms. The second-order valence-electron chi connectivity index (χ2n) is 5.00. The highest BCUT2D eigenvalue weighted by molar-refractivity contribution is 7.98. The maximum atomic E-state index is 12.3. The van der Waals surface area contributed by atoms with E-state index in [1.165, 1.54) is 4.88 Å². The highest BCUT2D eigenvalue weighted by Gasteiger charge is 2.26. The lowest BCUT2D eigenvalue weighted by molar-refractivity contribution is 0.0527. The summed E-state index contributed by atoms with van der Waals surface area (Å²) in [6, 6.07) is 0. The van der Waals surface area contributed by atoms with Crippen LogP contribution in [0.1, 0.15) is 34.6 Å². The summed E-state index contributed by atoms with van der Waals surface area (Å²) >= 11 is 8.78. The van der Waals surface area contributed by atoms with Crippen LogP contribution in [-0.4, -0.2) is 30.0 Å². The molecule has 2 N–H and O–H groups in total. The lowest BCUT2D eigenvalue weighted by atomic mass is 10.1. The van der Waals surface area contributed by atoms with Crippen LogP contribution < -0.4 is 10.6 Å². The van der Waals surface area contributed by atoms with E-state index in [1.54, 1.807) is 11.3 Å². The second kappa shape index (κ2) is 7.99. The Morgan fingerprint density at radius 1 is 1.50 bits per heavy atom. The Balaban J connectivity index is 2.22. The van der Waals surface area contributed by atoms with Crippen molar-refractivity contribution in [2.45, 2.75) is 26.0 Å². The average molecular weight is 357 g/mol. The summed E-state index contributed by atoms with van der Waals surface area (Å²) in [6.45, 7) is 8.57. The van der Waals surface area contributed by atoms with E-state index in [9.17, 15) is 4.79 Å². The van der Waals surface area contributed by atoms with Crippen LogP contribution in [0.15, 0.2) is 12.2 Å². The lowest BCUT2D eigenvalue weighted by Gasteiger charge is -2.13. The second-order valence-corrected chi connectivity index (χ2v) is 7.61. The summed E-state index contributed by atoms with van der Waals surface area (Å²) in [4.78, 5) is 13.5. The molecule has 0 atom stereocenters. The fraction of sp³-hybridized carbons (Fsp3) is 0.467. The Labute approximate surface area is 144 Å². The number of fused-ring (bicyclic) bond motifs is 1. The number of carbonyl (C=O) groups is 1. The molecule has 0 unspecified atom stereocenters. The number of carbonyl (C=O) groups excluding carboxylic acids is 1. The maximum Gasteiger partial charge on any atom is 0.341 e. The molecule has 1 aliphatic heterocycles. The number of rotatable bonds is 5. The first-order valence-electron chi connectivity index (χ1n) is 7.11. The van der Waals surface area contributed by atoms with Gasteiger partial charge in [-0.1, -0.05) is 12.2 Å². The van der Waals surface area contributed by atoms with Crippen LogP contribution >= 0.6 is 35.3 Å². The molecule has 0 radical (unpaired) electrons. The maximum absolute atomic E-state index is 12.3. The highest BCUT2D eigenvalue weighted by atomic mass is 32.2. The van der Waals surface area contributed by atoms with Crippen molar-refractivity contribution in [1.29, 1.82) is 0 Å². The average Bonchev–Trinajstić information content (AvgIpc) is 2.83. The molecule has 0 spiro atoms. The molecule has 0 saturated heterocycles. The minimum absolute atomic E-state index is 0.267. The standard InChI is InChI=1S/C15H20N2O2S3/c1-4-19-14(18)12-10-5-6-21-8-11(10)22-13(12)17-15(20)16-7-9(2)3/h2,4-8H2,1,3H3,(H2,16,17,20). The van der Waals surface area contributed by atoms with E-state index in [0.717, 1.165) is 34.1 Å². The monoisotopic (exact) mass is 356 g/mol. The third-order valence-electron chi connectivity index (χ3n) is 3.08. The number of thiophene rings is 1. The number of hydrogen-bond donors (Lipinski definition) is 2. The summed E-state index contributed by atoms with van der Waals surface area (Å²) in [5, 5.41) is 7.51. The number of hydrogen-bond acceptors (Lipinski definition) is 5. The molecule has 2 heterocycles. The van der Waals surface area contributed by atoms with E-state index in [-0.39, 0.29) is 5.97 Å². The Morgan fingerprint density at radius 2 is 2.27 bits per heavy atom. The van der Waals surface area contributed by atoms with E-state index < -0.39 is 0 Å². The smallest absolute Gasteiger partial charge is 0.341 e. The van der Waals surface area contributed by atoms with Crippen LogP contribution in [0.3, 0.4) is 0 Å². The Bertz CT molecular complexity index is 596. The SMILES string of the molecule is C=C(C)CNC(=S)Nc1sc2c(c1C(=O)OCC)CCSC2. The normalized spacial score (nSPS) is 13.2. The van der Waals surface area contributed by atoms with Gasteiger partial charge in [-0.05, 0) is 43.8 Å². The Morgan fingerprint density at radius 3 is 2.95 bits per heavy atom. The number of thiocarbonyl (C=S) groups is 1. The van der Waals surface area contributed by atoms with Gasteiger partial charge in [0, 0.05) is 17.2 Å². The molecule has 1 aromatic rings. The topological polar surface area (TPSA) is 50.4 Å². The first-order valence-corrected chi connectivity index (χ1v) is 9.49. The van der Waals surface area contributed by atoms with Crippen molar-refractivity contribution in [3.8, 4) is 0 Å². The van der Waals surface area contributed by atoms with E-state index in [2.05, 4.69) is 17.2 Å². The van der Waals surface area contributed by atoms with Crippen molar-refractivity contribution < 1.29 is 9.53 Å². The van der Waals surface area contributed by atoms with Gasteiger partial charge in [0.15, 0.2) is 5.11 Å². The van der Waals surface area contributed by atoms with E-state index in [0.29, 0.717) is 23.8 Å². The van der Waals surface area contributed by atoms with Gasteiger partial charge < -0.3 is 15.4 Å². The quantitative estimate of drug-likeness (QED) is 0.478. The highest BCUT2D eigenvalue weighted by Crippen LogP contribution is 2.39. The van der Waals surface area contributed by atoms with Crippen LogP contribution in [0, 0.1) is 0 Å². The molecule has 0 amide bonds. The molecule has 2 rings (SSSR count). The number of nitrogens with one attached hydrogen (secondary N) is 2. The molecule has 0 bridgehead atoms. The van der Waals surface area contributed by atoms with Gasteiger partial charge in [-0.15, -0.1) is 11.3 Å². The van der Waals surface area contributed by atoms with Gasteiger partial charge in [0.2, 0.25) is 0 Å². The van der Waals surface area contributed by atoms with Gasteiger partial charge in [-0.2, -0.15) is 11.8 Å². The predicted octanol–water partition coefficient (Wildman–Crippen LogP) is 3.58. The van der Waals surface area contributed by atoms with Crippen molar-refractivity contribution in [1.82, 2.24) is 5.32 Å². The van der Waals surface area contributed by atoms with Crippen molar-refractivity contribution in [3.63, 3.8) is 0 Å². The first kappa shape index (κ1) is 17.3. The van der Waals surface area contributed by atoms with Gasteiger partial charge in [-0.25, -0.2) is 4.79 Å². The number of thioether (sulfide) groups is 1. The van der Waals surface area contributed by atoms with E-state index in [1.807, 2.05) is 25.6 Å². The predicted molar refractivity (Wildman–Crippen MR) is 99.2 cm³/mol. The van der Waals surface area contributed by atoms with E-state index >= 15 is 0 Å². The zero-order valence-corrected chi connectivity index (χ0v) is 15.2. The molecule has 120 valence electrons. The lowest BCUT2D eigenvalue weighted by Crippen LogP contribution is -2.30. The van der Waals surface area contributed by atoms with Crippen LogP contribution in [0.25, 0.3) is 0 Å². The molecule has 1 aromatic heterocycles. The number of esters is 1. The third kappa shape index (κ3) is 4.24. The van der Waals surface area contributed by atoms with Crippen LogP contribution in [0.2, 0.25) is 0 Å². The molecule has 1 aliphatic rings. The zero-order valence-electron chi connectivity index (χ0n) is 12.8. The fourth-order valence-electron chi connectivity index (χ4n) is 2.12. The molecule has 0 aromatic carbocycles. The van der Waals surface area contributed by atoms with Gasteiger partial charge in [0.05, 0.1) is 12.2 Å². The van der Waals surface area contributed by atoms with Crippen molar-refractivity contribution >= 4 is 51.4 Å². The van der Waals surface area contributed by atoms with Gasteiger partial charge in [0.1, 0.15) is 5.00 Å². The van der Waals surface area contributed by atoms with Gasteiger partial charge in [0.25, 0.3) is 0 Å². The van der Waals surface area contributed by atoms with E-state index in [4.69, 9.17) is 17.0 Å².